The summed E-state index contributed by atoms with van der Waals surface area (Å²) in [5, 5.41) is 20.8. The second-order valence-electron chi connectivity index (χ2n) is 14.3. The van der Waals surface area contributed by atoms with Gasteiger partial charge in [0.05, 0.1) is 17.4 Å². The number of aliphatic hydroxyl groups excluding tert-OH is 1. The number of aliphatic carboxylic acids is 1. The molecule has 188 valence electrons. The van der Waals surface area contributed by atoms with Crippen molar-refractivity contribution in [3.63, 3.8) is 0 Å². The van der Waals surface area contributed by atoms with Gasteiger partial charge in [-0.05, 0) is 96.0 Å². The number of hydrogen-bond donors (Lipinski definition) is 2. The summed E-state index contributed by atoms with van der Waals surface area (Å²) in [6, 6.07) is 0. The zero-order chi connectivity index (χ0) is 24.9. The van der Waals surface area contributed by atoms with Crippen LogP contribution in [0.15, 0.2) is 23.3 Å². The van der Waals surface area contributed by atoms with Gasteiger partial charge >= 0.3 is 5.97 Å². The highest BCUT2D eigenvalue weighted by molar-refractivity contribution is 5.86. The molecular formula is C30H44O4. The van der Waals surface area contributed by atoms with Gasteiger partial charge in [0.1, 0.15) is 5.78 Å². The molecule has 0 bridgehead atoms. The van der Waals surface area contributed by atoms with Crippen molar-refractivity contribution < 1.29 is 19.8 Å². The van der Waals surface area contributed by atoms with Crippen molar-refractivity contribution in [2.75, 3.05) is 6.61 Å². The molecule has 0 spiro atoms. The minimum Gasteiger partial charge on any atom is -0.481 e. The Hall–Kier alpha value is -1.42. The molecule has 0 saturated heterocycles. The molecule has 0 aromatic carbocycles. The van der Waals surface area contributed by atoms with Crippen molar-refractivity contribution in [1.82, 2.24) is 0 Å². The quantitative estimate of drug-likeness (QED) is 0.496. The van der Waals surface area contributed by atoms with E-state index in [2.05, 4.69) is 46.8 Å². The predicted molar refractivity (Wildman–Crippen MR) is 133 cm³/mol. The zero-order valence-electron chi connectivity index (χ0n) is 22.1. The van der Waals surface area contributed by atoms with Gasteiger partial charge in [-0.25, -0.2) is 0 Å². The molecule has 5 rings (SSSR count). The molecule has 3 saturated carbocycles. The van der Waals surface area contributed by atoms with Gasteiger partial charge in [0.25, 0.3) is 0 Å². The van der Waals surface area contributed by atoms with Gasteiger partial charge in [-0.1, -0.05) is 53.7 Å². The third-order valence-corrected chi connectivity index (χ3v) is 12.3. The van der Waals surface area contributed by atoms with E-state index in [4.69, 9.17) is 0 Å². The first-order valence-electron chi connectivity index (χ1n) is 13.5. The summed E-state index contributed by atoms with van der Waals surface area (Å²) < 4.78 is 0. The van der Waals surface area contributed by atoms with Crippen LogP contribution in [0, 0.1) is 44.3 Å². The highest BCUT2D eigenvalue weighted by Crippen LogP contribution is 2.73. The molecule has 2 N–H and O–H groups in total. The van der Waals surface area contributed by atoms with Crippen LogP contribution in [-0.4, -0.2) is 28.6 Å². The molecule has 0 amide bonds. The standard InChI is InChI=1S/C30H44O4/c1-25(2)13-15-30(24(33)34)16-14-28(5)19(20(30)17-25)7-8-22-26(3)11-10-23(32)27(4,18-31)21(26)9-12-29(22,28)6/h7-8,21-22,31H,9-18H2,1-6H3,(H,33,34)/t21?,22-,26+,27?,28-,29-,30+/m1/s1. The number of carbonyl (C=O) groups excluding carboxylic acids is 1. The average molecular weight is 469 g/mol. The Morgan fingerprint density at radius 2 is 1.68 bits per heavy atom. The van der Waals surface area contributed by atoms with Crippen LogP contribution in [0.3, 0.4) is 0 Å². The fourth-order valence-corrected chi connectivity index (χ4v) is 9.77. The Kier molecular flexibility index (Phi) is 5.06. The van der Waals surface area contributed by atoms with E-state index in [1.54, 1.807) is 0 Å². The maximum absolute atomic E-state index is 13.0. The first kappa shape index (κ1) is 24.3. The number of Topliss-reactive ketones (excluding diaryl/α,β-unsaturated/α-hetero) is 1. The molecule has 0 radical (unpaired) electrons. The average Bonchev–Trinajstić information content (AvgIpc) is 2.76. The zero-order valence-corrected chi connectivity index (χ0v) is 22.1. The van der Waals surface area contributed by atoms with Crippen LogP contribution in [0.5, 0.6) is 0 Å². The van der Waals surface area contributed by atoms with E-state index < -0.39 is 16.8 Å². The number of aliphatic hydroxyl groups is 1. The predicted octanol–water partition coefficient (Wildman–Crippen LogP) is 6.33. The monoisotopic (exact) mass is 468 g/mol. The molecule has 3 fully saturated rings. The first-order valence-corrected chi connectivity index (χ1v) is 13.5. The number of carboxylic acids is 1. The van der Waals surface area contributed by atoms with Crippen molar-refractivity contribution >= 4 is 11.8 Å². The van der Waals surface area contributed by atoms with Gasteiger partial charge in [-0.15, -0.1) is 0 Å². The topological polar surface area (TPSA) is 74.6 Å². The number of fused-ring (bicyclic) bond motifs is 6. The number of carboxylic acid groups (broad SMARTS) is 1. The van der Waals surface area contributed by atoms with Crippen LogP contribution in [0.4, 0.5) is 0 Å². The summed E-state index contributed by atoms with van der Waals surface area (Å²) in [7, 11) is 0. The van der Waals surface area contributed by atoms with Crippen molar-refractivity contribution in [3.8, 4) is 0 Å². The molecule has 0 aromatic rings. The molecule has 0 heterocycles. The third kappa shape index (κ3) is 2.75. The molecule has 4 nitrogen and oxygen atoms in total. The molecular weight excluding hydrogens is 424 g/mol. The molecule has 34 heavy (non-hydrogen) atoms. The van der Waals surface area contributed by atoms with Crippen molar-refractivity contribution in [2.24, 2.45) is 44.3 Å². The lowest BCUT2D eigenvalue weighted by Gasteiger charge is -2.68. The Morgan fingerprint density at radius 3 is 2.32 bits per heavy atom. The minimum absolute atomic E-state index is 0.0122. The summed E-state index contributed by atoms with van der Waals surface area (Å²) in [6.45, 7) is 13.8. The lowest BCUT2D eigenvalue weighted by atomic mass is 9.35. The highest BCUT2D eigenvalue weighted by Gasteiger charge is 2.67. The second-order valence-corrected chi connectivity index (χ2v) is 14.3. The van der Waals surface area contributed by atoms with E-state index >= 15 is 0 Å². The van der Waals surface area contributed by atoms with Crippen LogP contribution < -0.4 is 0 Å². The smallest absolute Gasteiger partial charge is 0.313 e. The van der Waals surface area contributed by atoms with E-state index in [1.165, 1.54) is 11.1 Å². The van der Waals surface area contributed by atoms with Crippen molar-refractivity contribution in [1.29, 1.82) is 0 Å². The van der Waals surface area contributed by atoms with Gasteiger partial charge in [-0.2, -0.15) is 0 Å². The number of allylic oxidation sites excluding steroid dienone is 3. The third-order valence-electron chi connectivity index (χ3n) is 12.3. The normalized spacial score (nSPS) is 49.6. The Labute approximate surface area is 205 Å². The van der Waals surface area contributed by atoms with Crippen molar-refractivity contribution in [3.05, 3.63) is 23.3 Å². The number of ketones is 1. The van der Waals surface area contributed by atoms with E-state index in [0.717, 1.165) is 51.4 Å². The van der Waals surface area contributed by atoms with Crippen molar-refractivity contribution in [2.45, 2.75) is 99.3 Å². The van der Waals surface area contributed by atoms with Crippen LogP contribution >= 0.6 is 0 Å². The fraction of sp³-hybridized carbons (Fsp3) is 0.800. The largest absolute Gasteiger partial charge is 0.481 e. The summed E-state index contributed by atoms with van der Waals surface area (Å²) in [4.78, 5) is 25.7. The summed E-state index contributed by atoms with van der Waals surface area (Å²) in [6.07, 6.45) is 12.3. The molecule has 0 aliphatic heterocycles. The van der Waals surface area contributed by atoms with Gasteiger partial charge in [-0.3, -0.25) is 9.59 Å². The van der Waals surface area contributed by atoms with E-state index in [-0.39, 0.29) is 40.0 Å². The lowest BCUT2D eigenvalue weighted by Crippen LogP contribution is -2.63. The number of hydrogen-bond acceptors (Lipinski definition) is 3. The van der Waals surface area contributed by atoms with Gasteiger partial charge in [0.15, 0.2) is 0 Å². The van der Waals surface area contributed by atoms with E-state index in [1.807, 2.05) is 6.92 Å². The van der Waals surface area contributed by atoms with Crippen LogP contribution in [-0.2, 0) is 9.59 Å². The number of carbonyl (C=O) groups is 2. The SMILES string of the molecule is CC1(C)CC[C@]2(C(=O)O)CC[C@]3(C)C(=C2C1)C=C[C@@H]1[C@@]2(C)CCC(=O)C(C)(CO)C2CC[C@]13C. The molecule has 0 aromatic heterocycles. The van der Waals surface area contributed by atoms with E-state index in [9.17, 15) is 19.8 Å². The van der Waals surface area contributed by atoms with Gasteiger partial charge in [0.2, 0.25) is 0 Å². The minimum atomic E-state index is -0.703. The van der Waals surface area contributed by atoms with Gasteiger partial charge < -0.3 is 10.2 Å². The van der Waals surface area contributed by atoms with Gasteiger partial charge in [0, 0.05) is 6.42 Å². The van der Waals surface area contributed by atoms with E-state index in [0.29, 0.717) is 12.3 Å². The Bertz CT molecular complexity index is 1010. The Balaban J connectivity index is 1.68. The molecule has 7 atom stereocenters. The highest BCUT2D eigenvalue weighted by atomic mass is 16.4. The first-order chi connectivity index (χ1) is 15.7. The maximum Gasteiger partial charge on any atom is 0.313 e. The number of rotatable bonds is 2. The summed E-state index contributed by atoms with van der Waals surface area (Å²) in [5.41, 5.74) is 1.19. The second kappa shape index (κ2) is 7.08. The maximum atomic E-state index is 13.0. The molecule has 2 unspecified atom stereocenters. The summed E-state index contributed by atoms with van der Waals surface area (Å²) in [5.74, 6) is 0.0970. The molecule has 5 aliphatic rings. The molecule has 4 heteroatoms. The molecule has 5 aliphatic carbocycles. The Morgan fingerprint density at radius 1 is 1.00 bits per heavy atom. The van der Waals surface area contributed by atoms with Crippen LogP contribution in [0.2, 0.25) is 0 Å². The van der Waals surface area contributed by atoms with Crippen LogP contribution in [0.1, 0.15) is 99.3 Å². The fourth-order valence-electron chi connectivity index (χ4n) is 9.77. The van der Waals surface area contributed by atoms with Crippen LogP contribution in [0.25, 0.3) is 0 Å². The lowest BCUT2D eigenvalue weighted by molar-refractivity contribution is -0.176. The summed E-state index contributed by atoms with van der Waals surface area (Å²) >= 11 is 0.